The number of isocyanates is 1. The van der Waals surface area contributed by atoms with E-state index in [1.54, 1.807) is 0 Å². The van der Waals surface area contributed by atoms with E-state index in [-0.39, 0.29) is 0 Å². The maximum absolute atomic E-state index is 9.72. The molecule has 0 saturated carbocycles. The number of halogens is 1. The Hall–Kier alpha value is -1.18. The van der Waals surface area contributed by atoms with Gasteiger partial charge in [-0.25, -0.2) is 4.79 Å². The minimum absolute atomic E-state index is 0.419. The van der Waals surface area contributed by atoms with Gasteiger partial charge in [0.2, 0.25) is 6.08 Å². The van der Waals surface area contributed by atoms with E-state index in [4.69, 9.17) is 11.6 Å². The van der Waals surface area contributed by atoms with E-state index in [2.05, 4.69) is 9.98 Å². The van der Waals surface area contributed by atoms with Crippen molar-refractivity contribution in [3.8, 4) is 0 Å². The molecule has 0 atom stereocenters. The third-order valence-electron chi connectivity index (χ3n) is 0.865. The average Bonchev–Trinajstić information content (AvgIpc) is 1.88. The van der Waals surface area contributed by atoms with Crippen molar-refractivity contribution in [2.24, 2.45) is 4.99 Å². The fourth-order valence-corrected chi connectivity index (χ4v) is 0.683. The van der Waals surface area contributed by atoms with E-state index in [1.165, 1.54) is 24.5 Å². The fourth-order valence-electron chi connectivity index (χ4n) is 0.514. The molecule has 0 radical (unpaired) electrons. The molecule has 0 fully saturated rings. The summed E-state index contributed by atoms with van der Waals surface area (Å²) in [5, 5.41) is 0.455. The van der Waals surface area contributed by atoms with Crippen LogP contribution in [0.1, 0.15) is 0 Å². The largest absolute Gasteiger partial charge is 0.261 e. The zero-order chi connectivity index (χ0) is 7.40. The Morgan fingerprint density at radius 2 is 2.40 bits per heavy atom. The Kier molecular flexibility index (Phi) is 2.15. The normalized spacial score (nSPS) is 8.50. The van der Waals surface area contributed by atoms with E-state index < -0.39 is 0 Å². The lowest BCUT2D eigenvalue weighted by molar-refractivity contribution is 0.565. The minimum atomic E-state index is 0.419. The number of aliphatic imine (C=N–C) groups is 1. The highest BCUT2D eigenvalue weighted by Gasteiger charge is 1.89. The second kappa shape index (κ2) is 3.11. The number of pyridine rings is 1. The second-order valence-corrected chi connectivity index (χ2v) is 2.00. The van der Waals surface area contributed by atoms with Gasteiger partial charge in [0.25, 0.3) is 0 Å². The number of aromatic nitrogens is 1. The van der Waals surface area contributed by atoms with Gasteiger partial charge in [-0.15, -0.1) is 0 Å². The van der Waals surface area contributed by atoms with Crippen LogP contribution in [0.25, 0.3) is 0 Å². The quantitative estimate of drug-likeness (QED) is 0.457. The van der Waals surface area contributed by atoms with Gasteiger partial charge in [-0.05, 0) is 6.07 Å². The zero-order valence-corrected chi connectivity index (χ0v) is 5.67. The summed E-state index contributed by atoms with van der Waals surface area (Å²) in [6, 6.07) is 1.53. The Labute approximate surface area is 62.4 Å². The van der Waals surface area contributed by atoms with Crippen molar-refractivity contribution in [2.75, 3.05) is 0 Å². The van der Waals surface area contributed by atoms with Gasteiger partial charge < -0.3 is 0 Å². The predicted octanol–water partition coefficient (Wildman–Crippen LogP) is 1.70. The van der Waals surface area contributed by atoms with Crippen molar-refractivity contribution in [3.05, 3.63) is 23.5 Å². The monoisotopic (exact) mass is 154 g/mol. The van der Waals surface area contributed by atoms with Gasteiger partial charge >= 0.3 is 0 Å². The van der Waals surface area contributed by atoms with Crippen LogP contribution in [0.5, 0.6) is 0 Å². The molecular formula is C6H3ClN2O. The van der Waals surface area contributed by atoms with E-state index in [0.29, 0.717) is 10.7 Å². The number of rotatable bonds is 1. The average molecular weight is 155 g/mol. The van der Waals surface area contributed by atoms with E-state index in [9.17, 15) is 4.79 Å². The highest BCUT2D eigenvalue weighted by Crippen LogP contribution is 2.14. The number of hydrogen-bond donors (Lipinski definition) is 0. The predicted molar refractivity (Wildman–Crippen MR) is 37.0 cm³/mol. The molecule has 0 saturated heterocycles. The molecule has 4 heteroatoms. The molecule has 3 nitrogen and oxygen atoms in total. The molecule has 1 aromatic heterocycles. The third-order valence-corrected chi connectivity index (χ3v) is 1.07. The van der Waals surface area contributed by atoms with Crippen molar-refractivity contribution in [2.45, 2.75) is 0 Å². The first-order valence-electron chi connectivity index (χ1n) is 2.51. The van der Waals surface area contributed by atoms with Crippen LogP contribution in [0.2, 0.25) is 5.02 Å². The summed E-state index contributed by atoms with van der Waals surface area (Å²) >= 11 is 5.53. The summed E-state index contributed by atoms with van der Waals surface area (Å²) in [5.74, 6) is 0. The molecule has 1 aromatic rings. The van der Waals surface area contributed by atoms with Crippen LogP contribution in [0, 0.1) is 0 Å². The molecule has 0 amide bonds. The van der Waals surface area contributed by atoms with Gasteiger partial charge in [0.1, 0.15) is 0 Å². The van der Waals surface area contributed by atoms with Crippen molar-refractivity contribution in [1.82, 2.24) is 4.98 Å². The van der Waals surface area contributed by atoms with E-state index in [1.807, 2.05) is 0 Å². The maximum atomic E-state index is 9.72. The van der Waals surface area contributed by atoms with Crippen LogP contribution in [-0.4, -0.2) is 11.1 Å². The molecule has 0 spiro atoms. The Balaban J connectivity index is 3.06. The van der Waals surface area contributed by atoms with E-state index in [0.717, 1.165) is 0 Å². The van der Waals surface area contributed by atoms with Crippen molar-refractivity contribution < 1.29 is 4.79 Å². The van der Waals surface area contributed by atoms with Crippen LogP contribution in [0.3, 0.4) is 0 Å². The molecule has 0 aliphatic heterocycles. The second-order valence-electron chi connectivity index (χ2n) is 1.56. The molecule has 0 aliphatic carbocycles. The third kappa shape index (κ3) is 1.65. The Bertz CT molecular complexity index is 281. The van der Waals surface area contributed by atoms with Crippen molar-refractivity contribution >= 4 is 23.4 Å². The van der Waals surface area contributed by atoms with Gasteiger partial charge in [-0.2, -0.15) is 4.99 Å². The first-order chi connectivity index (χ1) is 4.83. The summed E-state index contributed by atoms with van der Waals surface area (Å²) in [4.78, 5) is 16.7. The molecule has 1 heterocycles. The summed E-state index contributed by atoms with van der Waals surface area (Å²) in [5.41, 5.74) is 0.419. The molecule has 0 aromatic carbocycles. The first-order valence-corrected chi connectivity index (χ1v) is 2.89. The summed E-state index contributed by atoms with van der Waals surface area (Å²) in [7, 11) is 0. The first kappa shape index (κ1) is 6.93. The molecule has 50 valence electrons. The number of nitrogens with zero attached hydrogens (tertiary/aromatic N) is 2. The Morgan fingerprint density at radius 3 is 3.00 bits per heavy atom. The van der Waals surface area contributed by atoms with Crippen LogP contribution in [0.4, 0.5) is 5.69 Å². The summed E-state index contributed by atoms with van der Waals surface area (Å²) < 4.78 is 0. The standard InChI is InChI=1S/C6H3ClN2O/c7-5-1-6(9-4-10)3-8-2-5/h1-3H. The molecule has 1 rings (SSSR count). The SMILES string of the molecule is O=C=Nc1cncc(Cl)c1. The van der Waals surface area contributed by atoms with E-state index >= 15 is 0 Å². The van der Waals surface area contributed by atoms with Gasteiger partial charge in [0, 0.05) is 6.20 Å². The highest BCUT2D eigenvalue weighted by atomic mass is 35.5. The lowest BCUT2D eigenvalue weighted by Crippen LogP contribution is -1.69. The molecule has 0 N–H and O–H groups in total. The molecule has 0 unspecified atom stereocenters. The lowest BCUT2D eigenvalue weighted by Gasteiger charge is -1.87. The molecule has 0 aliphatic rings. The molecular weight excluding hydrogens is 152 g/mol. The summed E-state index contributed by atoms with van der Waals surface area (Å²) in [6.45, 7) is 0. The molecule has 0 bridgehead atoms. The zero-order valence-electron chi connectivity index (χ0n) is 4.91. The van der Waals surface area contributed by atoms with Crippen LogP contribution < -0.4 is 0 Å². The molecule has 10 heavy (non-hydrogen) atoms. The Morgan fingerprint density at radius 1 is 1.60 bits per heavy atom. The topological polar surface area (TPSA) is 42.3 Å². The maximum Gasteiger partial charge on any atom is 0.240 e. The van der Waals surface area contributed by atoms with Gasteiger partial charge in [-0.3, -0.25) is 4.98 Å². The lowest BCUT2D eigenvalue weighted by atomic mass is 10.4. The van der Waals surface area contributed by atoms with Gasteiger partial charge in [0.05, 0.1) is 16.9 Å². The number of hydrogen-bond acceptors (Lipinski definition) is 3. The smallest absolute Gasteiger partial charge is 0.240 e. The minimum Gasteiger partial charge on any atom is -0.261 e. The van der Waals surface area contributed by atoms with Gasteiger partial charge in [0.15, 0.2) is 0 Å². The fraction of sp³-hybridized carbons (Fsp3) is 0. The highest BCUT2D eigenvalue weighted by molar-refractivity contribution is 6.30. The van der Waals surface area contributed by atoms with Crippen LogP contribution >= 0.6 is 11.6 Å². The number of carbonyl (C=O) groups excluding carboxylic acids is 1. The summed E-state index contributed by atoms with van der Waals surface area (Å²) in [6.07, 6.45) is 4.28. The van der Waals surface area contributed by atoms with Gasteiger partial charge in [-0.1, -0.05) is 11.6 Å². The van der Waals surface area contributed by atoms with Crippen LogP contribution in [-0.2, 0) is 4.79 Å². The van der Waals surface area contributed by atoms with Crippen molar-refractivity contribution in [3.63, 3.8) is 0 Å². The van der Waals surface area contributed by atoms with Crippen molar-refractivity contribution in [1.29, 1.82) is 0 Å². The van der Waals surface area contributed by atoms with Crippen LogP contribution in [0.15, 0.2) is 23.5 Å².